The van der Waals surface area contributed by atoms with E-state index in [4.69, 9.17) is 23.2 Å². The molecule has 4 aromatic rings. The average molecular weight is 449 g/mol. The second-order valence-corrected chi connectivity index (χ2v) is 9.76. The lowest BCUT2D eigenvalue weighted by Crippen LogP contribution is -2.44. The minimum Gasteiger partial charge on any atom is -0.354 e. The summed E-state index contributed by atoms with van der Waals surface area (Å²) >= 11 is 12.8. The van der Waals surface area contributed by atoms with Gasteiger partial charge in [-0.05, 0) is 56.7 Å². The quantitative estimate of drug-likeness (QED) is 0.338. The molecule has 5 heteroatoms. The highest BCUT2D eigenvalue weighted by Gasteiger charge is 2.45. The van der Waals surface area contributed by atoms with Gasteiger partial charge in [-0.3, -0.25) is 4.79 Å². The lowest BCUT2D eigenvalue weighted by Gasteiger charge is -2.38. The van der Waals surface area contributed by atoms with Crippen molar-refractivity contribution in [3.63, 3.8) is 0 Å². The summed E-state index contributed by atoms with van der Waals surface area (Å²) in [5.41, 5.74) is 5.21. The molecule has 3 nitrogen and oxygen atoms in total. The molecule has 0 aliphatic carbocycles. The maximum absolute atomic E-state index is 13.5. The molecule has 1 amide bonds. The molecule has 31 heavy (non-hydrogen) atoms. The van der Waals surface area contributed by atoms with Crippen LogP contribution >= 0.6 is 23.2 Å². The maximum atomic E-state index is 13.5. The Balaban J connectivity index is 1.86. The third kappa shape index (κ3) is 3.15. The fraction of sp³-hybridized carbons (Fsp3) is 0.192. The Morgan fingerprint density at radius 1 is 0.903 bits per heavy atom. The van der Waals surface area contributed by atoms with Crippen LogP contribution in [0.25, 0.3) is 22.2 Å². The molecule has 1 aliphatic heterocycles. The maximum Gasteiger partial charge on any atom is 0.255 e. The lowest BCUT2D eigenvalue weighted by atomic mass is 9.91. The zero-order valence-corrected chi connectivity index (χ0v) is 19.1. The monoisotopic (exact) mass is 448 g/mol. The van der Waals surface area contributed by atoms with Crippen molar-refractivity contribution in [2.75, 3.05) is 0 Å². The standard InChI is InChI=1S/C26H22Cl2N2O/c1-26(2,3)30-24(16-8-4-5-9-17(16)25(30)31)22-19-10-6-7-11-21(19)29-23(22)18-13-12-15(27)14-20(18)28/h4-14,24,29H,1-3H3/t24-/m1/s1. The molecule has 1 aromatic heterocycles. The molecule has 3 aromatic carbocycles. The number of carbonyl (C=O) groups is 1. The number of para-hydroxylation sites is 1. The number of aromatic amines is 1. The van der Waals surface area contributed by atoms with E-state index in [0.717, 1.165) is 38.9 Å². The number of nitrogens with zero attached hydrogens (tertiary/aromatic N) is 1. The van der Waals surface area contributed by atoms with Crippen molar-refractivity contribution < 1.29 is 4.79 Å². The Kier molecular flexibility index (Phi) is 4.65. The van der Waals surface area contributed by atoms with E-state index >= 15 is 0 Å². The van der Waals surface area contributed by atoms with Crippen molar-refractivity contribution in [2.24, 2.45) is 0 Å². The number of halogens is 2. The predicted molar refractivity (Wildman–Crippen MR) is 128 cm³/mol. The van der Waals surface area contributed by atoms with Crippen LogP contribution in [0.3, 0.4) is 0 Å². The molecule has 0 fully saturated rings. The van der Waals surface area contributed by atoms with Gasteiger partial charge >= 0.3 is 0 Å². The van der Waals surface area contributed by atoms with E-state index < -0.39 is 0 Å². The number of carbonyl (C=O) groups excluding carboxylic acids is 1. The second-order valence-electron chi connectivity index (χ2n) is 8.92. The highest BCUT2D eigenvalue weighted by molar-refractivity contribution is 6.36. The summed E-state index contributed by atoms with van der Waals surface area (Å²) in [6, 6.07) is 21.4. The lowest BCUT2D eigenvalue weighted by molar-refractivity contribution is 0.0554. The second kappa shape index (κ2) is 7.15. The third-order valence-electron chi connectivity index (χ3n) is 5.91. The summed E-state index contributed by atoms with van der Waals surface area (Å²) < 4.78 is 0. The number of nitrogens with one attached hydrogen (secondary N) is 1. The van der Waals surface area contributed by atoms with E-state index in [1.54, 1.807) is 6.07 Å². The van der Waals surface area contributed by atoms with Crippen LogP contribution in [0.1, 0.15) is 48.3 Å². The number of hydrogen-bond acceptors (Lipinski definition) is 1. The van der Waals surface area contributed by atoms with Gasteiger partial charge in [-0.25, -0.2) is 0 Å². The summed E-state index contributed by atoms with van der Waals surface area (Å²) in [7, 11) is 0. The van der Waals surface area contributed by atoms with Gasteiger partial charge in [-0.15, -0.1) is 0 Å². The smallest absolute Gasteiger partial charge is 0.255 e. The molecule has 0 bridgehead atoms. The molecular weight excluding hydrogens is 427 g/mol. The van der Waals surface area contributed by atoms with Crippen molar-refractivity contribution in [3.05, 3.63) is 93.5 Å². The van der Waals surface area contributed by atoms with Crippen LogP contribution in [-0.4, -0.2) is 21.3 Å². The number of rotatable bonds is 2. The van der Waals surface area contributed by atoms with Crippen LogP contribution < -0.4 is 0 Å². The fourth-order valence-electron chi connectivity index (χ4n) is 4.65. The van der Waals surface area contributed by atoms with Gasteiger partial charge in [-0.2, -0.15) is 0 Å². The van der Waals surface area contributed by atoms with Gasteiger partial charge in [0, 0.05) is 38.2 Å². The van der Waals surface area contributed by atoms with Gasteiger partial charge in [0.25, 0.3) is 5.91 Å². The molecule has 0 radical (unpaired) electrons. The van der Waals surface area contributed by atoms with Gasteiger partial charge in [0.05, 0.1) is 16.8 Å². The highest BCUT2D eigenvalue weighted by Crippen LogP contribution is 2.48. The van der Waals surface area contributed by atoms with Crippen molar-refractivity contribution in [1.82, 2.24) is 9.88 Å². The number of benzene rings is 3. The van der Waals surface area contributed by atoms with Crippen LogP contribution in [0, 0.1) is 0 Å². The normalized spacial score (nSPS) is 16.2. The van der Waals surface area contributed by atoms with Gasteiger partial charge in [-0.1, -0.05) is 59.6 Å². The molecule has 1 atom stereocenters. The fourth-order valence-corrected chi connectivity index (χ4v) is 5.15. The largest absolute Gasteiger partial charge is 0.354 e. The SMILES string of the molecule is CC(C)(C)N1C(=O)c2ccccc2[C@@H]1c1c(-c2ccc(Cl)cc2Cl)[nH]c2ccccc12. The number of fused-ring (bicyclic) bond motifs is 2. The molecule has 1 aliphatic rings. The summed E-state index contributed by atoms with van der Waals surface area (Å²) in [4.78, 5) is 19.1. The first-order valence-electron chi connectivity index (χ1n) is 10.3. The van der Waals surface area contributed by atoms with E-state index in [1.165, 1.54) is 0 Å². The number of H-pyrrole nitrogens is 1. The van der Waals surface area contributed by atoms with Gasteiger partial charge < -0.3 is 9.88 Å². The molecule has 156 valence electrons. The molecule has 0 saturated carbocycles. The zero-order valence-electron chi connectivity index (χ0n) is 17.5. The molecule has 0 unspecified atom stereocenters. The molecule has 5 rings (SSSR count). The first-order valence-corrected chi connectivity index (χ1v) is 11.0. The Labute approximate surface area is 191 Å². The van der Waals surface area contributed by atoms with Gasteiger partial charge in [0.15, 0.2) is 0 Å². The zero-order chi connectivity index (χ0) is 21.9. The van der Waals surface area contributed by atoms with Gasteiger partial charge in [0.2, 0.25) is 0 Å². The molecule has 1 N–H and O–H groups in total. The van der Waals surface area contributed by atoms with Crippen molar-refractivity contribution in [3.8, 4) is 11.3 Å². The average Bonchev–Trinajstić information content (AvgIpc) is 3.23. The van der Waals surface area contributed by atoms with Crippen LogP contribution in [0.5, 0.6) is 0 Å². The number of aromatic nitrogens is 1. The Morgan fingerprint density at radius 3 is 2.35 bits per heavy atom. The van der Waals surface area contributed by atoms with E-state index in [1.807, 2.05) is 47.4 Å². The molecular formula is C26H22Cl2N2O. The Hall–Kier alpha value is -2.75. The van der Waals surface area contributed by atoms with Gasteiger partial charge in [0.1, 0.15) is 0 Å². The van der Waals surface area contributed by atoms with Crippen LogP contribution in [0.2, 0.25) is 10.0 Å². The first-order chi connectivity index (χ1) is 14.8. The van der Waals surface area contributed by atoms with E-state index in [-0.39, 0.29) is 17.5 Å². The summed E-state index contributed by atoms with van der Waals surface area (Å²) in [5.74, 6) is 0.0477. The van der Waals surface area contributed by atoms with E-state index in [9.17, 15) is 4.79 Å². The number of hydrogen-bond donors (Lipinski definition) is 1. The third-order valence-corrected chi connectivity index (χ3v) is 6.45. The number of amides is 1. The summed E-state index contributed by atoms with van der Waals surface area (Å²) in [6.07, 6.45) is 0. The van der Waals surface area contributed by atoms with Crippen molar-refractivity contribution >= 4 is 40.0 Å². The van der Waals surface area contributed by atoms with Crippen LogP contribution in [0.15, 0.2) is 66.7 Å². The van der Waals surface area contributed by atoms with Crippen LogP contribution in [-0.2, 0) is 0 Å². The van der Waals surface area contributed by atoms with Crippen LogP contribution in [0.4, 0.5) is 0 Å². The summed E-state index contributed by atoms with van der Waals surface area (Å²) in [5, 5.41) is 2.23. The minimum atomic E-state index is -0.375. The summed E-state index contributed by atoms with van der Waals surface area (Å²) in [6.45, 7) is 6.23. The van der Waals surface area contributed by atoms with E-state index in [2.05, 4.69) is 44.0 Å². The van der Waals surface area contributed by atoms with Crippen molar-refractivity contribution in [1.29, 1.82) is 0 Å². The molecule has 0 saturated heterocycles. The topological polar surface area (TPSA) is 36.1 Å². The molecule has 2 heterocycles. The first kappa shape index (κ1) is 20.2. The van der Waals surface area contributed by atoms with E-state index in [0.29, 0.717) is 10.0 Å². The van der Waals surface area contributed by atoms with Crippen molar-refractivity contribution in [2.45, 2.75) is 32.4 Å². The molecule has 0 spiro atoms. The Morgan fingerprint density at radius 2 is 1.61 bits per heavy atom. The highest BCUT2D eigenvalue weighted by atomic mass is 35.5. The minimum absolute atomic E-state index is 0.0477. The Bertz CT molecular complexity index is 1330. The predicted octanol–water partition coefficient (Wildman–Crippen LogP) is 7.49.